The lowest BCUT2D eigenvalue weighted by molar-refractivity contribution is 0.542. The number of hydrogen-bond donors (Lipinski definition) is 1. The van der Waals surface area contributed by atoms with Crippen LogP contribution < -0.4 is 5.73 Å². The Balaban J connectivity index is 2.17. The molecule has 0 amide bonds. The van der Waals surface area contributed by atoms with Crippen LogP contribution in [0.4, 0.5) is 14.5 Å². The summed E-state index contributed by atoms with van der Waals surface area (Å²) < 4.78 is 27.9. The molecule has 2 aromatic rings. The molecule has 17 heavy (non-hydrogen) atoms. The molecular formula is C11H8BrF2NS2. The molecule has 0 spiro atoms. The smallest absolute Gasteiger partial charge is 0.141 e. The van der Waals surface area contributed by atoms with E-state index in [1.54, 1.807) is 11.3 Å². The third-order valence-electron chi connectivity index (χ3n) is 2.06. The summed E-state index contributed by atoms with van der Waals surface area (Å²) >= 11 is 6.05. The van der Waals surface area contributed by atoms with Crippen molar-refractivity contribution >= 4 is 44.7 Å². The molecule has 90 valence electrons. The third-order valence-corrected chi connectivity index (χ3v) is 5.28. The van der Waals surface area contributed by atoms with Crippen LogP contribution in [0.5, 0.6) is 0 Å². The molecule has 2 N–H and O–H groups in total. The summed E-state index contributed by atoms with van der Waals surface area (Å²) in [5.41, 5.74) is 5.45. The van der Waals surface area contributed by atoms with Crippen LogP contribution in [-0.2, 0) is 5.75 Å². The second kappa shape index (κ2) is 5.37. The van der Waals surface area contributed by atoms with Gasteiger partial charge in [-0.05, 0) is 39.5 Å². The standard InChI is InChI=1S/C11H8BrF2NS2/c12-7-1-2-16-10(7)5-17-11-8(13)3-6(15)4-9(11)14/h1-4H,5,15H2. The minimum Gasteiger partial charge on any atom is -0.399 e. The van der Waals surface area contributed by atoms with E-state index in [9.17, 15) is 8.78 Å². The Morgan fingerprint density at radius 3 is 2.47 bits per heavy atom. The number of thiophene rings is 1. The first-order valence-electron chi connectivity index (χ1n) is 4.67. The number of benzene rings is 1. The highest BCUT2D eigenvalue weighted by molar-refractivity contribution is 9.10. The molecule has 6 heteroatoms. The molecule has 0 saturated carbocycles. The van der Waals surface area contributed by atoms with Crippen LogP contribution in [0.3, 0.4) is 0 Å². The van der Waals surface area contributed by atoms with E-state index in [1.165, 1.54) is 0 Å². The zero-order valence-electron chi connectivity index (χ0n) is 8.54. The van der Waals surface area contributed by atoms with E-state index in [4.69, 9.17) is 5.73 Å². The van der Waals surface area contributed by atoms with Crippen molar-refractivity contribution in [3.63, 3.8) is 0 Å². The molecule has 0 atom stereocenters. The summed E-state index contributed by atoms with van der Waals surface area (Å²) in [4.78, 5) is 1.06. The highest BCUT2D eigenvalue weighted by Crippen LogP contribution is 2.33. The van der Waals surface area contributed by atoms with Gasteiger partial charge < -0.3 is 5.73 Å². The Bertz CT molecular complexity index is 519. The van der Waals surface area contributed by atoms with Crippen molar-refractivity contribution in [1.82, 2.24) is 0 Å². The molecule has 0 aliphatic heterocycles. The van der Waals surface area contributed by atoms with Gasteiger partial charge in [-0.3, -0.25) is 0 Å². The highest BCUT2D eigenvalue weighted by Gasteiger charge is 2.12. The normalized spacial score (nSPS) is 10.8. The zero-order valence-corrected chi connectivity index (χ0v) is 11.8. The van der Waals surface area contributed by atoms with E-state index >= 15 is 0 Å². The quantitative estimate of drug-likeness (QED) is 0.651. The Morgan fingerprint density at radius 1 is 1.29 bits per heavy atom. The molecule has 0 saturated heterocycles. The Hall–Kier alpha value is -0.590. The van der Waals surface area contributed by atoms with Gasteiger partial charge in [-0.25, -0.2) is 8.78 Å². The minimum atomic E-state index is -0.611. The van der Waals surface area contributed by atoms with E-state index in [-0.39, 0.29) is 10.6 Å². The van der Waals surface area contributed by atoms with Gasteiger partial charge in [-0.15, -0.1) is 23.1 Å². The maximum atomic E-state index is 13.5. The van der Waals surface area contributed by atoms with Crippen LogP contribution in [0, 0.1) is 11.6 Å². The Kier molecular flexibility index (Phi) is 4.06. The fourth-order valence-electron chi connectivity index (χ4n) is 1.28. The van der Waals surface area contributed by atoms with Gasteiger partial charge in [0.1, 0.15) is 11.6 Å². The van der Waals surface area contributed by atoms with Crippen molar-refractivity contribution in [1.29, 1.82) is 0 Å². The van der Waals surface area contributed by atoms with Crippen molar-refractivity contribution < 1.29 is 8.78 Å². The number of thioether (sulfide) groups is 1. The second-order valence-electron chi connectivity index (χ2n) is 3.29. The van der Waals surface area contributed by atoms with Crippen molar-refractivity contribution in [2.75, 3.05) is 5.73 Å². The number of halogens is 3. The summed E-state index contributed by atoms with van der Waals surface area (Å²) in [5, 5.41) is 1.93. The number of anilines is 1. The SMILES string of the molecule is Nc1cc(F)c(SCc2sccc2Br)c(F)c1. The molecule has 1 aromatic carbocycles. The first-order chi connectivity index (χ1) is 8.08. The van der Waals surface area contributed by atoms with Crippen molar-refractivity contribution in [3.05, 3.63) is 44.6 Å². The predicted octanol–water partition coefficient (Wildman–Crippen LogP) is 4.66. The van der Waals surface area contributed by atoms with Gasteiger partial charge in [0.15, 0.2) is 0 Å². The molecular weight excluding hydrogens is 328 g/mol. The molecule has 0 aliphatic carbocycles. The largest absolute Gasteiger partial charge is 0.399 e. The number of nitrogens with two attached hydrogens (primary N) is 1. The molecule has 0 unspecified atom stereocenters. The fourth-order valence-corrected chi connectivity index (χ4v) is 4.02. The van der Waals surface area contributed by atoms with Crippen molar-refractivity contribution in [2.24, 2.45) is 0 Å². The molecule has 0 bridgehead atoms. The number of nitrogen functional groups attached to an aromatic ring is 1. The molecule has 1 heterocycles. The van der Waals surface area contributed by atoms with E-state index in [0.717, 1.165) is 33.2 Å². The summed E-state index contributed by atoms with van der Waals surface area (Å²) in [6.07, 6.45) is 0. The van der Waals surface area contributed by atoms with Crippen LogP contribution in [0.15, 0.2) is 32.9 Å². The molecule has 0 radical (unpaired) electrons. The number of hydrogen-bond acceptors (Lipinski definition) is 3. The minimum absolute atomic E-state index is 0.0134. The number of rotatable bonds is 3. The van der Waals surface area contributed by atoms with E-state index in [0.29, 0.717) is 5.75 Å². The van der Waals surface area contributed by atoms with Crippen LogP contribution in [0.25, 0.3) is 0 Å². The summed E-state index contributed by atoms with van der Waals surface area (Å²) in [7, 11) is 0. The maximum absolute atomic E-state index is 13.5. The molecule has 0 fully saturated rings. The van der Waals surface area contributed by atoms with Gasteiger partial charge in [0.05, 0.1) is 4.90 Å². The zero-order chi connectivity index (χ0) is 12.4. The molecule has 0 aliphatic rings. The van der Waals surface area contributed by atoms with Gasteiger partial charge in [0.25, 0.3) is 0 Å². The van der Waals surface area contributed by atoms with Crippen LogP contribution in [0.1, 0.15) is 4.88 Å². The summed E-state index contributed by atoms with van der Waals surface area (Å²) in [6.45, 7) is 0. The van der Waals surface area contributed by atoms with Crippen LogP contribution in [0.2, 0.25) is 0 Å². The van der Waals surface area contributed by atoms with E-state index in [1.807, 2.05) is 11.4 Å². The van der Waals surface area contributed by atoms with Crippen molar-refractivity contribution in [2.45, 2.75) is 10.6 Å². The Labute approximate surface area is 114 Å². The first kappa shape index (κ1) is 12.9. The Morgan fingerprint density at radius 2 is 1.94 bits per heavy atom. The van der Waals surface area contributed by atoms with Crippen LogP contribution in [-0.4, -0.2) is 0 Å². The summed E-state index contributed by atoms with van der Waals surface area (Å²) in [6, 6.07) is 4.18. The lowest BCUT2D eigenvalue weighted by Crippen LogP contribution is -1.93. The average molecular weight is 336 g/mol. The second-order valence-corrected chi connectivity index (χ2v) is 6.13. The molecule has 1 nitrogen and oxygen atoms in total. The fraction of sp³-hybridized carbons (Fsp3) is 0.0909. The molecule has 1 aromatic heterocycles. The van der Waals surface area contributed by atoms with Crippen LogP contribution >= 0.6 is 39.0 Å². The van der Waals surface area contributed by atoms with Gasteiger partial charge in [-0.2, -0.15) is 0 Å². The van der Waals surface area contributed by atoms with Gasteiger partial charge in [-0.1, -0.05) is 0 Å². The topological polar surface area (TPSA) is 26.0 Å². The lowest BCUT2D eigenvalue weighted by atomic mass is 10.3. The highest BCUT2D eigenvalue weighted by atomic mass is 79.9. The van der Waals surface area contributed by atoms with Crippen molar-refractivity contribution in [3.8, 4) is 0 Å². The van der Waals surface area contributed by atoms with E-state index < -0.39 is 11.6 Å². The maximum Gasteiger partial charge on any atom is 0.141 e. The summed E-state index contributed by atoms with van der Waals surface area (Å²) in [5.74, 6) is -0.698. The average Bonchev–Trinajstić information content (AvgIpc) is 2.62. The first-order valence-corrected chi connectivity index (χ1v) is 7.33. The predicted molar refractivity (Wildman–Crippen MR) is 72.4 cm³/mol. The van der Waals surface area contributed by atoms with Gasteiger partial charge >= 0.3 is 0 Å². The van der Waals surface area contributed by atoms with Gasteiger partial charge in [0.2, 0.25) is 0 Å². The van der Waals surface area contributed by atoms with E-state index in [2.05, 4.69) is 15.9 Å². The molecule has 2 rings (SSSR count). The lowest BCUT2D eigenvalue weighted by Gasteiger charge is -2.05. The third kappa shape index (κ3) is 3.00. The monoisotopic (exact) mass is 335 g/mol. The van der Waals surface area contributed by atoms with Gasteiger partial charge in [0, 0.05) is 20.8 Å².